The molecule has 0 amide bonds. The summed E-state index contributed by atoms with van der Waals surface area (Å²) in [5.41, 5.74) is 2.39. The van der Waals surface area contributed by atoms with Gasteiger partial charge < -0.3 is 4.57 Å². The lowest BCUT2D eigenvalue weighted by Crippen LogP contribution is -2.00. The van der Waals surface area contributed by atoms with Crippen molar-refractivity contribution >= 4 is 5.78 Å². The van der Waals surface area contributed by atoms with Crippen LogP contribution in [0.5, 0.6) is 0 Å². The summed E-state index contributed by atoms with van der Waals surface area (Å²) in [4.78, 5) is 11.8. The molecule has 0 aliphatic carbocycles. The summed E-state index contributed by atoms with van der Waals surface area (Å²) >= 11 is 0. The van der Waals surface area contributed by atoms with Crippen molar-refractivity contribution in [2.75, 3.05) is 0 Å². The molecule has 0 spiro atoms. The van der Waals surface area contributed by atoms with Crippen LogP contribution in [-0.2, 0) is 6.54 Å². The first kappa shape index (κ1) is 13.1. The molecule has 0 N–H and O–H groups in total. The lowest BCUT2D eigenvalue weighted by molar-refractivity contribution is 0.0981. The predicted molar refractivity (Wildman–Crippen MR) is 73.9 cm³/mol. The highest BCUT2D eigenvalue weighted by atomic mass is 16.1. The van der Waals surface area contributed by atoms with Crippen LogP contribution >= 0.6 is 0 Å². The number of aromatic nitrogens is 1. The minimum absolute atomic E-state index is 0.176. The molecule has 1 aromatic heterocycles. The predicted octanol–water partition coefficient (Wildman–Crippen LogP) is 3.39. The molecule has 2 aromatic rings. The summed E-state index contributed by atoms with van der Waals surface area (Å²) in [5.74, 6) is 0.176. The first-order chi connectivity index (χ1) is 9.24. The minimum Gasteiger partial charge on any atom is -0.349 e. The van der Waals surface area contributed by atoms with E-state index in [0.717, 1.165) is 17.5 Å². The lowest BCUT2D eigenvalue weighted by atomic mass is 10.1. The van der Waals surface area contributed by atoms with Gasteiger partial charge in [-0.25, -0.2) is 0 Å². The number of carbonyl (C=O) groups is 1. The molecule has 0 atom stereocenters. The van der Waals surface area contributed by atoms with Gasteiger partial charge in [0, 0.05) is 30.9 Å². The van der Waals surface area contributed by atoms with Gasteiger partial charge in [0.2, 0.25) is 0 Å². The molecule has 0 saturated heterocycles. The summed E-state index contributed by atoms with van der Waals surface area (Å²) in [6.45, 7) is 2.61. The van der Waals surface area contributed by atoms with Crippen molar-refractivity contribution in [3.05, 3.63) is 59.4 Å². The Morgan fingerprint density at radius 2 is 2.11 bits per heavy atom. The van der Waals surface area contributed by atoms with E-state index in [-0.39, 0.29) is 5.78 Å². The number of nitriles is 1. The van der Waals surface area contributed by atoms with Crippen molar-refractivity contribution < 1.29 is 4.79 Å². The van der Waals surface area contributed by atoms with Crippen LogP contribution in [0.25, 0.3) is 0 Å². The monoisotopic (exact) mass is 252 g/mol. The molecule has 0 aliphatic heterocycles. The molecule has 0 unspecified atom stereocenters. The average Bonchev–Trinajstić information content (AvgIpc) is 2.88. The van der Waals surface area contributed by atoms with Crippen LogP contribution in [0, 0.1) is 11.3 Å². The van der Waals surface area contributed by atoms with E-state index in [9.17, 15) is 4.79 Å². The summed E-state index contributed by atoms with van der Waals surface area (Å²) in [6.07, 6.45) is 5.18. The third-order valence-corrected chi connectivity index (χ3v) is 3.04. The van der Waals surface area contributed by atoms with Crippen molar-refractivity contribution in [2.24, 2.45) is 0 Å². The Morgan fingerprint density at radius 3 is 2.84 bits per heavy atom. The fraction of sp³-hybridized carbons (Fsp3) is 0.250. The van der Waals surface area contributed by atoms with E-state index in [1.54, 1.807) is 0 Å². The van der Waals surface area contributed by atoms with Gasteiger partial charge in [-0.15, -0.1) is 0 Å². The van der Waals surface area contributed by atoms with Crippen molar-refractivity contribution in [1.29, 1.82) is 5.26 Å². The van der Waals surface area contributed by atoms with Gasteiger partial charge in [-0.2, -0.15) is 5.26 Å². The Kier molecular flexibility index (Phi) is 4.15. The Morgan fingerprint density at radius 1 is 1.32 bits per heavy atom. The highest BCUT2D eigenvalue weighted by molar-refractivity contribution is 5.95. The van der Waals surface area contributed by atoms with Crippen LogP contribution in [0.1, 0.15) is 41.3 Å². The summed E-state index contributed by atoms with van der Waals surface area (Å²) in [7, 11) is 0. The number of carbonyl (C=O) groups excluding carboxylic acids is 1. The highest BCUT2D eigenvalue weighted by Crippen LogP contribution is 2.12. The Hall–Kier alpha value is -2.34. The van der Waals surface area contributed by atoms with E-state index in [2.05, 4.69) is 6.07 Å². The van der Waals surface area contributed by atoms with E-state index < -0.39 is 0 Å². The number of ketones is 1. The number of benzene rings is 1. The summed E-state index contributed by atoms with van der Waals surface area (Å²) in [6, 6.07) is 11.5. The third-order valence-electron chi connectivity index (χ3n) is 3.04. The average molecular weight is 252 g/mol. The quantitative estimate of drug-likeness (QED) is 0.766. The van der Waals surface area contributed by atoms with Crippen LogP contribution in [-0.4, -0.2) is 10.4 Å². The molecule has 1 heterocycles. The standard InChI is InChI=1S/C16H16N2O/c1-2-5-16(19)15-8-9-18(12-15)11-14-7-4-3-6-13(14)10-17/h3-4,6-9,12H,2,5,11H2,1H3. The number of nitrogens with zero attached hydrogens (tertiary/aromatic N) is 2. The van der Waals surface area contributed by atoms with Gasteiger partial charge in [0.1, 0.15) is 0 Å². The Labute approximate surface area is 113 Å². The van der Waals surface area contributed by atoms with Crippen molar-refractivity contribution in [1.82, 2.24) is 4.57 Å². The molecular weight excluding hydrogens is 236 g/mol. The van der Waals surface area contributed by atoms with Gasteiger partial charge in [0.15, 0.2) is 5.78 Å². The van der Waals surface area contributed by atoms with Crippen molar-refractivity contribution in [2.45, 2.75) is 26.3 Å². The maximum Gasteiger partial charge on any atom is 0.164 e. The van der Waals surface area contributed by atoms with E-state index >= 15 is 0 Å². The molecule has 0 radical (unpaired) electrons. The second kappa shape index (κ2) is 6.01. The normalized spacial score (nSPS) is 10.1. The second-order valence-corrected chi connectivity index (χ2v) is 4.51. The number of hydrogen-bond acceptors (Lipinski definition) is 2. The van der Waals surface area contributed by atoms with Gasteiger partial charge >= 0.3 is 0 Å². The van der Waals surface area contributed by atoms with Crippen LogP contribution in [0.3, 0.4) is 0 Å². The first-order valence-electron chi connectivity index (χ1n) is 6.41. The zero-order chi connectivity index (χ0) is 13.7. The fourth-order valence-electron chi connectivity index (χ4n) is 2.04. The Bertz CT molecular complexity index is 620. The smallest absolute Gasteiger partial charge is 0.164 e. The van der Waals surface area contributed by atoms with Gasteiger partial charge in [-0.1, -0.05) is 25.1 Å². The van der Waals surface area contributed by atoms with Gasteiger partial charge in [0.25, 0.3) is 0 Å². The summed E-state index contributed by atoms with van der Waals surface area (Å²) in [5, 5.41) is 9.05. The fourth-order valence-corrected chi connectivity index (χ4v) is 2.04. The molecule has 3 nitrogen and oxygen atoms in total. The first-order valence-corrected chi connectivity index (χ1v) is 6.41. The minimum atomic E-state index is 0.176. The van der Waals surface area contributed by atoms with E-state index in [0.29, 0.717) is 18.5 Å². The zero-order valence-electron chi connectivity index (χ0n) is 11.0. The third kappa shape index (κ3) is 3.11. The van der Waals surface area contributed by atoms with Crippen LogP contribution in [0.2, 0.25) is 0 Å². The zero-order valence-corrected chi connectivity index (χ0v) is 11.0. The molecule has 96 valence electrons. The molecule has 0 saturated carbocycles. The van der Waals surface area contributed by atoms with E-state index in [4.69, 9.17) is 5.26 Å². The van der Waals surface area contributed by atoms with Crippen LogP contribution in [0.4, 0.5) is 0 Å². The summed E-state index contributed by atoms with van der Waals surface area (Å²) < 4.78 is 1.94. The molecule has 19 heavy (non-hydrogen) atoms. The molecular formula is C16H16N2O. The number of rotatable bonds is 5. The molecule has 2 rings (SSSR count). The van der Waals surface area contributed by atoms with E-state index in [1.165, 1.54) is 0 Å². The van der Waals surface area contributed by atoms with E-state index in [1.807, 2.05) is 54.2 Å². The van der Waals surface area contributed by atoms with Gasteiger partial charge in [0.05, 0.1) is 11.6 Å². The SMILES string of the molecule is CCCC(=O)c1ccn(Cc2ccccc2C#N)c1. The van der Waals surface area contributed by atoms with Crippen molar-refractivity contribution in [3.8, 4) is 6.07 Å². The van der Waals surface area contributed by atoms with Gasteiger partial charge in [-0.3, -0.25) is 4.79 Å². The molecule has 1 aromatic carbocycles. The molecule has 3 heteroatoms. The topological polar surface area (TPSA) is 45.8 Å². The highest BCUT2D eigenvalue weighted by Gasteiger charge is 2.07. The van der Waals surface area contributed by atoms with Crippen LogP contribution in [0.15, 0.2) is 42.7 Å². The molecule has 0 bridgehead atoms. The maximum absolute atomic E-state index is 11.8. The molecule has 0 fully saturated rings. The number of Topliss-reactive ketones (excluding diaryl/α,β-unsaturated/α-hetero) is 1. The maximum atomic E-state index is 11.8. The second-order valence-electron chi connectivity index (χ2n) is 4.51. The van der Waals surface area contributed by atoms with Gasteiger partial charge in [-0.05, 0) is 24.1 Å². The Balaban J connectivity index is 2.16. The van der Waals surface area contributed by atoms with Crippen LogP contribution < -0.4 is 0 Å². The largest absolute Gasteiger partial charge is 0.349 e. The number of hydrogen-bond donors (Lipinski definition) is 0. The molecule has 0 aliphatic rings. The van der Waals surface area contributed by atoms with Crippen molar-refractivity contribution in [3.63, 3.8) is 0 Å². The lowest BCUT2D eigenvalue weighted by Gasteiger charge is -2.04.